The summed E-state index contributed by atoms with van der Waals surface area (Å²) < 4.78 is 0. The van der Waals surface area contributed by atoms with Gasteiger partial charge < -0.3 is 0 Å². The Bertz CT molecular complexity index is 228. The third-order valence-corrected chi connectivity index (χ3v) is 1.86. The second-order valence-electron chi connectivity index (χ2n) is 1.80. The topological polar surface area (TPSA) is 63.8 Å². The third kappa shape index (κ3) is 2.36. The summed E-state index contributed by atoms with van der Waals surface area (Å²) in [5.74, 6) is 6.59. The Balaban J connectivity index is 2.74. The first kappa shape index (κ1) is 8.29. The van der Waals surface area contributed by atoms with Crippen LogP contribution < -0.4 is 11.3 Å². The van der Waals surface area contributed by atoms with Crippen molar-refractivity contribution in [3.63, 3.8) is 0 Å². The first-order valence-electron chi connectivity index (χ1n) is 3.29. The second-order valence-corrected chi connectivity index (χ2v) is 3.08. The normalized spacial score (nSPS) is 9.64. The number of thioether (sulfide) groups is 1. The number of nitrogens with one attached hydrogen (secondary N) is 1. The maximum absolute atomic E-state index is 5.13. The minimum atomic E-state index is 0.462. The fraction of sp³-hybridized carbons (Fsp3) is 0.333. The zero-order valence-corrected chi connectivity index (χ0v) is 7.06. The van der Waals surface area contributed by atoms with Gasteiger partial charge in [-0.3, -0.25) is 5.43 Å². The van der Waals surface area contributed by atoms with E-state index in [4.69, 9.17) is 5.84 Å². The summed E-state index contributed by atoms with van der Waals surface area (Å²) in [6.07, 6.45) is 1.68. The van der Waals surface area contributed by atoms with Crippen molar-refractivity contribution in [1.29, 1.82) is 0 Å². The summed E-state index contributed by atoms with van der Waals surface area (Å²) in [7, 11) is 0. The fourth-order valence-corrected chi connectivity index (χ4v) is 1.24. The molecule has 4 nitrogen and oxygen atoms in total. The van der Waals surface area contributed by atoms with Crippen LogP contribution in [0.5, 0.6) is 0 Å². The molecular weight excluding hydrogens is 160 g/mol. The van der Waals surface area contributed by atoms with Crippen LogP contribution in [0.3, 0.4) is 0 Å². The number of rotatable bonds is 3. The lowest BCUT2D eigenvalue weighted by Crippen LogP contribution is -2.10. The molecule has 60 valence electrons. The maximum Gasteiger partial charge on any atom is 0.238 e. The highest BCUT2D eigenvalue weighted by Gasteiger charge is 1.95. The molecule has 1 heterocycles. The molecule has 0 amide bonds. The summed E-state index contributed by atoms with van der Waals surface area (Å²) in [6.45, 7) is 2.07. The highest BCUT2D eigenvalue weighted by molar-refractivity contribution is 7.99. The standard InChI is InChI=1S/C6H10N4S/c1-2-11-5-3-4-8-6(9-5)10-7/h3-4H,2,7H2,1H3,(H,8,9,10). The Morgan fingerprint density at radius 3 is 3.18 bits per heavy atom. The summed E-state index contributed by atoms with van der Waals surface area (Å²) in [6, 6.07) is 1.86. The third-order valence-electron chi connectivity index (χ3n) is 1.05. The van der Waals surface area contributed by atoms with E-state index in [0.29, 0.717) is 5.95 Å². The number of nitrogen functional groups attached to an aromatic ring is 1. The number of hydrazine groups is 1. The molecule has 0 atom stereocenters. The van der Waals surface area contributed by atoms with Crippen LogP contribution in [-0.2, 0) is 0 Å². The molecule has 1 aromatic rings. The van der Waals surface area contributed by atoms with Crippen LogP contribution in [0, 0.1) is 0 Å². The lowest BCUT2D eigenvalue weighted by molar-refractivity contribution is 1.03. The number of nitrogens with two attached hydrogens (primary N) is 1. The van der Waals surface area contributed by atoms with Gasteiger partial charge in [0.1, 0.15) is 5.03 Å². The van der Waals surface area contributed by atoms with Gasteiger partial charge in [0.15, 0.2) is 0 Å². The van der Waals surface area contributed by atoms with E-state index in [1.165, 1.54) is 0 Å². The van der Waals surface area contributed by atoms with Gasteiger partial charge in [-0.25, -0.2) is 15.8 Å². The first-order valence-corrected chi connectivity index (χ1v) is 4.28. The van der Waals surface area contributed by atoms with E-state index in [9.17, 15) is 0 Å². The monoisotopic (exact) mass is 170 g/mol. The summed E-state index contributed by atoms with van der Waals surface area (Å²) in [4.78, 5) is 7.98. The van der Waals surface area contributed by atoms with Crippen LogP contribution in [0.1, 0.15) is 6.92 Å². The van der Waals surface area contributed by atoms with Crippen molar-refractivity contribution in [2.75, 3.05) is 11.2 Å². The number of nitrogens with zero attached hydrogens (tertiary/aromatic N) is 2. The van der Waals surface area contributed by atoms with E-state index in [2.05, 4.69) is 22.3 Å². The lowest BCUT2D eigenvalue weighted by Gasteiger charge is -1.99. The maximum atomic E-state index is 5.13. The van der Waals surface area contributed by atoms with E-state index < -0.39 is 0 Å². The molecule has 0 aromatic carbocycles. The predicted molar refractivity (Wildman–Crippen MR) is 46.2 cm³/mol. The van der Waals surface area contributed by atoms with Gasteiger partial charge in [-0.1, -0.05) is 6.92 Å². The molecule has 1 rings (SSSR count). The Labute approximate surface area is 69.6 Å². The van der Waals surface area contributed by atoms with E-state index in [0.717, 1.165) is 10.8 Å². The number of anilines is 1. The lowest BCUT2D eigenvalue weighted by atomic mass is 10.7. The molecule has 0 aliphatic carbocycles. The van der Waals surface area contributed by atoms with Gasteiger partial charge in [0.05, 0.1) is 0 Å². The van der Waals surface area contributed by atoms with Crippen molar-refractivity contribution in [3.05, 3.63) is 12.3 Å². The quantitative estimate of drug-likeness (QED) is 0.305. The predicted octanol–water partition coefficient (Wildman–Crippen LogP) is 0.874. The van der Waals surface area contributed by atoms with Crippen LogP contribution in [0.2, 0.25) is 0 Å². The fourth-order valence-electron chi connectivity index (χ4n) is 0.640. The summed E-state index contributed by atoms with van der Waals surface area (Å²) in [5.41, 5.74) is 2.39. The zero-order chi connectivity index (χ0) is 8.10. The zero-order valence-electron chi connectivity index (χ0n) is 6.24. The van der Waals surface area contributed by atoms with Crippen LogP contribution >= 0.6 is 11.8 Å². The Morgan fingerprint density at radius 2 is 2.55 bits per heavy atom. The van der Waals surface area contributed by atoms with Crippen molar-refractivity contribution in [2.24, 2.45) is 5.84 Å². The highest BCUT2D eigenvalue weighted by atomic mass is 32.2. The molecule has 0 spiro atoms. The number of hydrogen-bond acceptors (Lipinski definition) is 5. The van der Waals surface area contributed by atoms with Crippen LogP contribution in [0.15, 0.2) is 17.3 Å². The number of hydrogen-bond donors (Lipinski definition) is 2. The van der Waals surface area contributed by atoms with E-state index in [-0.39, 0.29) is 0 Å². The molecule has 1 aromatic heterocycles. The van der Waals surface area contributed by atoms with Gasteiger partial charge in [0, 0.05) is 6.20 Å². The molecule has 0 unspecified atom stereocenters. The second kappa shape index (κ2) is 4.15. The van der Waals surface area contributed by atoms with E-state index in [1.54, 1.807) is 18.0 Å². The average Bonchev–Trinajstić information content (AvgIpc) is 2.06. The van der Waals surface area contributed by atoms with Crippen LogP contribution in [0.4, 0.5) is 5.95 Å². The highest BCUT2D eigenvalue weighted by Crippen LogP contribution is 2.14. The molecule has 0 fully saturated rings. The van der Waals surface area contributed by atoms with Crippen LogP contribution in [0.25, 0.3) is 0 Å². The first-order chi connectivity index (χ1) is 5.36. The van der Waals surface area contributed by atoms with Crippen molar-refractivity contribution in [1.82, 2.24) is 9.97 Å². The van der Waals surface area contributed by atoms with Gasteiger partial charge in [0.25, 0.3) is 0 Å². The van der Waals surface area contributed by atoms with Crippen molar-refractivity contribution in [3.8, 4) is 0 Å². The SMILES string of the molecule is CCSc1ccnc(NN)n1. The van der Waals surface area contributed by atoms with Gasteiger partial charge in [-0.05, 0) is 11.8 Å². The molecule has 0 bridgehead atoms. The van der Waals surface area contributed by atoms with Gasteiger partial charge in [-0.15, -0.1) is 11.8 Å². The molecule has 5 heteroatoms. The smallest absolute Gasteiger partial charge is 0.238 e. The Hall–Kier alpha value is -0.810. The molecule has 0 aliphatic heterocycles. The summed E-state index contributed by atoms with van der Waals surface area (Å²) >= 11 is 1.66. The molecule has 0 saturated carbocycles. The van der Waals surface area contributed by atoms with Crippen molar-refractivity contribution in [2.45, 2.75) is 11.9 Å². The minimum Gasteiger partial charge on any atom is -0.292 e. The van der Waals surface area contributed by atoms with Gasteiger partial charge >= 0.3 is 0 Å². The molecule has 0 saturated heterocycles. The van der Waals surface area contributed by atoms with Gasteiger partial charge in [-0.2, -0.15) is 0 Å². The van der Waals surface area contributed by atoms with Crippen LogP contribution in [-0.4, -0.2) is 15.7 Å². The summed E-state index contributed by atoms with van der Waals surface area (Å²) in [5, 5.41) is 0.940. The molecular formula is C6H10N4S. The largest absolute Gasteiger partial charge is 0.292 e. The van der Waals surface area contributed by atoms with Gasteiger partial charge in [0.2, 0.25) is 5.95 Å². The van der Waals surface area contributed by atoms with Crippen molar-refractivity contribution < 1.29 is 0 Å². The molecule has 0 radical (unpaired) electrons. The van der Waals surface area contributed by atoms with E-state index >= 15 is 0 Å². The van der Waals surface area contributed by atoms with Crippen molar-refractivity contribution >= 4 is 17.7 Å². The molecule has 3 N–H and O–H groups in total. The molecule has 11 heavy (non-hydrogen) atoms. The average molecular weight is 170 g/mol. The van der Waals surface area contributed by atoms with E-state index in [1.807, 2.05) is 6.07 Å². The minimum absolute atomic E-state index is 0.462. The number of aromatic nitrogens is 2. The molecule has 0 aliphatic rings. The Kier molecular flexibility index (Phi) is 3.13. The Morgan fingerprint density at radius 1 is 1.73 bits per heavy atom.